The molecule has 9 aromatic carbocycles. The first-order valence-corrected chi connectivity index (χ1v) is 27.3. The van der Waals surface area contributed by atoms with Crippen LogP contribution in [0, 0.1) is 192 Å². The quantitative estimate of drug-likeness (QED) is 0.0814. The molecule has 9 rings (SSSR count). The average molecular weight is 1390 g/mol. The topological polar surface area (TPSA) is 302 Å². The highest BCUT2D eigenvalue weighted by atomic mass is 19.4. The number of hydrogen-bond donors (Lipinski definition) is 0. The third kappa shape index (κ3) is 29.5. The molecule has 0 amide bonds. The van der Waals surface area contributed by atoms with E-state index in [1.54, 1.807) is 33.8 Å². The number of nitro benzene ring substituents is 7. The van der Waals surface area contributed by atoms with Gasteiger partial charge in [0.05, 0.1) is 52.2 Å². The number of non-ortho nitro benzene ring substituents is 2. The van der Waals surface area contributed by atoms with Crippen molar-refractivity contribution in [3.63, 3.8) is 0 Å². The molecular formula is C65H57F12N7O14. The lowest BCUT2D eigenvalue weighted by atomic mass is 10.1. The van der Waals surface area contributed by atoms with Crippen molar-refractivity contribution in [2.45, 2.75) is 75.4 Å². The number of nitrogens with zero attached hydrogens (tertiary/aromatic N) is 7. The molecule has 0 radical (unpaired) electrons. The van der Waals surface area contributed by atoms with E-state index in [0.717, 1.165) is 90.0 Å². The summed E-state index contributed by atoms with van der Waals surface area (Å²) >= 11 is 0. The number of benzene rings is 9. The van der Waals surface area contributed by atoms with E-state index in [1.807, 2.05) is 13.8 Å². The van der Waals surface area contributed by atoms with Crippen LogP contribution in [-0.4, -0.2) is 34.5 Å². The Morgan fingerprint density at radius 2 is 0.694 bits per heavy atom. The van der Waals surface area contributed by atoms with E-state index in [1.165, 1.54) is 107 Å². The van der Waals surface area contributed by atoms with Crippen molar-refractivity contribution in [2.24, 2.45) is 0 Å². The Balaban J connectivity index is 0.000000552. The van der Waals surface area contributed by atoms with Crippen LogP contribution in [0.4, 0.5) is 92.5 Å². The zero-order valence-corrected chi connectivity index (χ0v) is 53.0. The van der Waals surface area contributed by atoms with Gasteiger partial charge in [0.25, 0.3) is 22.7 Å². The molecule has 0 fully saturated rings. The Labute approximate surface area is 549 Å². The van der Waals surface area contributed by atoms with Crippen LogP contribution < -0.4 is 0 Å². The number of alkyl halides is 3. The first-order chi connectivity index (χ1) is 45.4. The van der Waals surface area contributed by atoms with Crippen molar-refractivity contribution in [3.05, 3.63) is 348 Å². The molecule has 0 saturated heterocycles. The van der Waals surface area contributed by atoms with E-state index in [9.17, 15) is 123 Å². The second-order valence-corrected chi connectivity index (χ2v) is 20.1. The van der Waals surface area contributed by atoms with Crippen LogP contribution >= 0.6 is 0 Å². The summed E-state index contributed by atoms with van der Waals surface area (Å²) in [4.78, 5) is 66.6. The minimum absolute atomic E-state index is 0.0496. The molecule has 520 valence electrons. The Morgan fingerprint density at radius 1 is 0.265 bits per heavy atom. The lowest BCUT2D eigenvalue weighted by molar-refractivity contribution is -0.388. The fraction of sp³-hybridized carbons (Fsp3) is 0.169. The third-order valence-electron chi connectivity index (χ3n) is 12.3. The zero-order chi connectivity index (χ0) is 75.2. The van der Waals surface area contributed by atoms with Crippen molar-refractivity contribution >= 4 is 39.8 Å². The van der Waals surface area contributed by atoms with Gasteiger partial charge in [0.2, 0.25) is 17.5 Å². The fourth-order valence-corrected chi connectivity index (χ4v) is 6.98. The molecule has 0 aliphatic carbocycles. The molecule has 0 aliphatic heterocycles. The monoisotopic (exact) mass is 1390 g/mol. The van der Waals surface area contributed by atoms with Gasteiger partial charge in [-0.05, 0) is 181 Å². The molecule has 0 atom stereocenters. The molecule has 0 N–H and O–H groups in total. The largest absolute Gasteiger partial charge is 0.419 e. The molecule has 0 heterocycles. The lowest BCUT2D eigenvalue weighted by Crippen LogP contribution is -2.08. The van der Waals surface area contributed by atoms with Gasteiger partial charge in [0.15, 0.2) is 0 Å². The summed E-state index contributed by atoms with van der Waals surface area (Å²) in [6.07, 6.45) is -4.60. The molecule has 0 aliphatic rings. The minimum Gasteiger partial charge on any atom is -0.258 e. The van der Waals surface area contributed by atoms with Gasteiger partial charge in [-0.15, -0.1) is 0 Å². The molecule has 0 aromatic heterocycles. The van der Waals surface area contributed by atoms with E-state index < -0.39 is 110 Å². The lowest BCUT2D eigenvalue weighted by Gasteiger charge is -2.07. The van der Waals surface area contributed by atoms with Gasteiger partial charge in [-0.3, -0.25) is 70.8 Å². The predicted molar refractivity (Wildman–Crippen MR) is 337 cm³/mol. The SMILES string of the molecule is Cc1cc(F)ccc1[N+](=O)[O-].Cc1cc([N+](=O)[O-])ccc1F.Cc1ccc(F)c(C(F)(F)F)c1.Cc1ccc(F)c([N+](=O)[O-])c1.Cc1ccc(F)cc1C.Cc1ccc(F)cc1[N+](=O)[O-].Cc1ccc([N+](=O)[O-])c(F)c1.Cc1ccc([N+](=O)[O-])cc1F.Cc1cccc(F)c1[N+](=O)[O-]. The van der Waals surface area contributed by atoms with Crippen LogP contribution in [-0.2, 0) is 6.18 Å². The number of para-hydroxylation sites is 1. The Bertz CT molecular complexity index is 4110. The van der Waals surface area contributed by atoms with Gasteiger partial charge in [0.1, 0.15) is 34.9 Å². The standard InChI is InChI=1S/C8H6F4.C8H9F.7C7H6FNO2/c1-5-2-3-7(9)6(4-5)8(10,11)12;1-6-3-4-8(9)5-7(6)2;1-5-4-6(9(10)11)2-3-7(5)8;1-5-4-6(8)2-3-7(5)9(10)11;1-5-2-3-6(9(10)11)4-7(5)8;1-5-2-3-6(8)4-7(5)9(10)11;1-5-2-3-7(9(10)11)6(8)4-5;1-5-2-3-6(8)7(4-5)9(10)11;1-5-3-2-4-6(8)7(5)9(10)11/h2-4H,1H3;3-5H,1-2H3;7*2-4H,1H3. The second-order valence-electron chi connectivity index (χ2n) is 20.1. The maximum atomic E-state index is 12.7. The van der Waals surface area contributed by atoms with Gasteiger partial charge in [0, 0.05) is 53.1 Å². The van der Waals surface area contributed by atoms with E-state index in [2.05, 4.69) is 0 Å². The third-order valence-corrected chi connectivity index (χ3v) is 12.3. The Morgan fingerprint density at radius 3 is 1.10 bits per heavy atom. The summed E-state index contributed by atoms with van der Waals surface area (Å²) in [7, 11) is 0. The Hall–Kier alpha value is -12.1. The van der Waals surface area contributed by atoms with E-state index in [0.29, 0.717) is 44.5 Å². The van der Waals surface area contributed by atoms with Crippen LogP contribution in [0.25, 0.3) is 0 Å². The first kappa shape index (κ1) is 84.0. The van der Waals surface area contributed by atoms with Gasteiger partial charge in [-0.2, -0.15) is 26.3 Å². The average Bonchev–Trinajstić information content (AvgIpc) is 0.853. The van der Waals surface area contributed by atoms with Crippen molar-refractivity contribution in [2.75, 3.05) is 0 Å². The van der Waals surface area contributed by atoms with Gasteiger partial charge < -0.3 is 0 Å². The van der Waals surface area contributed by atoms with Crippen LogP contribution in [0.2, 0.25) is 0 Å². The van der Waals surface area contributed by atoms with Crippen LogP contribution in [0.3, 0.4) is 0 Å². The van der Waals surface area contributed by atoms with Gasteiger partial charge >= 0.3 is 23.2 Å². The molecular weight excluding hydrogens is 1330 g/mol. The highest BCUT2D eigenvalue weighted by molar-refractivity contribution is 5.42. The highest BCUT2D eigenvalue weighted by Crippen LogP contribution is 2.32. The highest BCUT2D eigenvalue weighted by Gasteiger charge is 2.34. The molecule has 0 bridgehead atoms. The van der Waals surface area contributed by atoms with E-state index in [-0.39, 0.29) is 28.6 Å². The second kappa shape index (κ2) is 39.6. The van der Waals surface area contributed by atoms with Crippen molar-refractivity contribution in [1.29, 1.82) is 0 Å². The van der Waals surface area contributed by atoms with Crippen LogP contribution in [0.1, 0.15) is 61.2 Å². The molecule has 98 heavy (non-hydrogen) atoms. The summed E-state index contributed by atoms with van der Waals surface area (Å²) in [5, 5.41) is 71.1. The molecule has 9 aromatic rings. The maximum Gasteiger partial charge on any atom is 0.419 e. The molecule has 0 spiro atoms. The molecule has 0 unspecified atom stereocenters. The number of nitro groups is 7. The predicted octanol–water partition coefficient (Wildman–Crippen LogP) is 19.9. The summed E-state index contributed by atoms with van der Waals surface area (Å²) in [6, 6.07) is 33.2. The number of rotatable bonds is 7. The summed E-state index contributed by atoms with van der Waals surface area (Å²) in [5.74, 6) is -5.73. The maximum absolute atomic E-state index is 12.7. The molecule has 0 saturated carbocycles. The van der Waals surface area contributed by atoms with Crippen molar-refractivity contribution in [1.82, 2.24) is 0 Å². The molecule has 33 heteroatoms. The summed E-state index contributed by atoms with van der Waals surface area (Å²) in [5.41, 5.74) is 2.64. The minimum atomic E-state index is -4.60. The number of aryl methyl sites for hydroxylation is 10. The first-order valence-electron chi connectivity index (χ1n) is 27.3. The van der Waals surface area contributed by atoms with Crippen molar-refractivity contribution < 1.29 is 87.1 Å². The number of halogens is 12. The fourth-order valence-electron chi connectivity index (χ4n) is 6.98. The zero-order valence-electron chi connectivity index (χ0n) is 53.0. The van der Waals surface area contributed by atoms with Gasteiger partial charge in [-0.25, -0.2) is 26.3 Å². The normalized spacial score (nSPS) is 9.90. The van der Waals surface area contributed by atoms with Gasteiger partial charge in [-0.1, -0.05) is 42.0 Å². The summed E-state index contributed by atoms with van der Waals surface area (Å²) in [6.45, 7) is 16.3. The van der Waals surface area contributed by atoms with Crippen LogP contribution in [0.5, 0.6) is 0 Å². The summed E-state index contributed by atoms with van der Waals surface area (Å²) < 4.78 is 149. The van der Waals surface area contributed by atoms with E-state index >= 15 is 0 Å². The number of hydrogen-bond acceptors (Lipinski definition) is 14. The van der Waals surface area contributed by atoms with Crippen molar-refractivity contribution in [3.8, 4) is 0 Å². The van der Waals surface area contributed by atoms with Crippen LogP contribution in [0.15, 0.2) is 164 Å². The molecule has 21 nitrogen and oxygen atoms in total. The smallest absolute Gasteiger partial charge is 0.258 e. The Kier molecular flexibility index (Phi) is 33.9. The van der Waals surface area contributed by atoms with E-state index in [4.69, 9.17) is 0 Å².